The van der Waals surface area contributed by atoms with Gasteiger partial charge in [-0.25, -0.2) is 13.5 Å². The number of carbonyl (C=O) groups excluding carboxylic acids is 1. The Morgan fingerprint density at radius 2 is 2.36 bits per heavy atom. The molecule has 1 aliphatic carbocycles. The Hall–Kier alpha value is -1.87. The maximum Gasteiger partial charge on any atom is 0.252 e. The highest BCUT2D eigenvalue weighted by molar-refractivity contribution is 7.99. The van der Waals surface area contributed by atoms with E-state index in [4.69, 9.17) is 11.6 Å². The first-order valence-electron chi connectivity index (χ1n) is 7.57. The van der Waals surface area contributed by atoms with Crippen LogP contribution < -0.4 is 10.0 Å². The van der Waals surface area contributed by atoms with Gasteiger partial charge in [0.05, 0.1) is 11.9 Å². The third kappa shape index (κ3) is 4.60. The van der Waals surface area contributed by atoms with Crippen molar-refractivity contribution in [1.82, 2.24) is 9.78 Å². The number of halogens is 3. The summed E-state index contributed by atoms with van der Waals surface area (Å²) in [6, 6.07) is 3.34. The van der Waals surface area contributed by atoms with Crippen LogP contribution in [0.5, 0.6) is 0 Å². The Labute approximate surface area is 151 Å². The van der Waals surface area contributed by atoms with Crippen molar-refractivity contribution < 1.29 is 23.5 Å². The van der Waals surface area contributed by atoms with Crippen LogP contribution >= 0.6 is 23.4 Å². The van der Waals surface area contributed by atoms with E-state index in [0.717, 1.165) is 4.73 Å². The number of nitrogens with one attached hydrogen (secondary N) is 1. The summed E-state index contributed by atoms with van der Waals surface area (Å²) in [6.07, 6.45) is 4.57. The van der Waals surface area contributed by atoms with Gasteiger partial charge in [-0.2, -0.15) is 16.9 Å². The second kappa shape index (κ2) is 7.17. The van der Waals surface area contributed by atoms with Crippen LogP contribution in [0.2, 0.25) is 5.15 Å². The van der Waals surface area contributed by atoms with Crippen LogP contribution in [0, 0.1) is 5.92 Å². The van der Waals surface area contributed by atoms with Crippen molar-refractivity contribution in [1.29, 1.82) is 0 Å². The average molecular weight is 390 g/mol. The number of thioether (sulfide) groups is 1. The summed E-state index contributed by atoms with van der Waals surface area (Å²) in [7, 11) is 0. The lowest BCUT2D eigenvalue weighted by molar-refractivity contribution is -0.904. The maximum atomic E-state index is 12.7. The number of alkyl halides is 2. The summed E-state index contributed by atoms with van der Waals surface area (Å²) in [5, 5.41) is 16.3. The van der Waals surface area contributed by atoms with Gasteiger partial charge in [0.1, 0.15) is 5.69 Å². The fraction of sp³-hybridized carbons (Fsp3) is 0.400. The highest BCUT2D eigenvalue weighted by atomic mass is 35.5. The van der Waals surface area contributed by atoms with Crippen molar-refractivity contribution in [2.75, 3.05) is 16.8 Å². The molecule has 0 bridgehead atoms. The van der Waals surface area contributed by atoms with E-state index < -0.39 is 11.8 Å². The Morgan fingerprint density at radius 3 is 3.04 bits per heavy atom. The number of anilines is 1. The van der Waals surface area contributed by atoms with Gasteiger partial charge in [-0.3, -0.25) is 10.0 Å². The fourth-order valence-corrected chi connectivity index (χ4v) is 3.53. The number of hydrogen-bond acceptors (Lipinski definition) is 4. The predicted octanol–water partition coefficient (Wildman–Crippen LogP) is 2.77. The molecule has 3 rings (SSSR count). The predicted molar refractivity (Wildman–Crippen MR) is 89.6 cm³/mol. The summed E-state index contributed by atoms with van der Waals surface area (Å²) in [4.78, 5) is 11.9. The second-order valence-corrected chi connectivity index (χ2v) is 7.26. The molecule has 0 aliphatic heterocycles. The average Bonchev–Trinajstić information content (AvgIpc) is 2.99. The van der Waals surface area contributed by atoms with Gasteiger partial charge in [-0.15, -0.1) is 0 Å². The quantitative estimate of drug-likeness (QED) is 0.434. The first-order valence-corrected chi connectivity index (χ1v) is 9.10. The highest BCUT2D eigenvalue weighted by Crippen LogP contribution is 2.50. The van der Waals surface area contributed by atoms with E-state index in [9.17, 15) is 18.8 Å². The van der Waals surface area contributed by atoms with Gasteiger partial charge in [-0.05, 0) is 6.07 Å². The van der Waals surface area contributed by atoms with E-state index in [1.54, 1.807) is 12.1 Å². The van der Waals surface area contributed by atoms with Gasteiger partial charge in [0, 0.05) is 41.1 Å². The Morgan fingerprint density at radius 1 is 1.60 bits per heavy atom. The Bertz CT molecular complexity index is 787. The van der Waals surface area contributed by atoms with E-state index in [0.29, 0.717) is 22.9 Å². The van der Waals surface area contributed by atoms with Gasteiger partial charge >= 0.3 is 0 Å². The molecule has 1 aliphatic rings. The molecule has 0 saturated heterocycles. The molecule has 10 heteroatoms. The maximum absolute atomic E-state index is 12.7. The molecular formula is C15H16ClF2N4O2S+. The number of amides is 1. The van der Waals surface area contributed by atoms with Gasteiger partial charge < -0.3 is 5.32 Å². The minimum absolute atomic E-state index is 0.0473. The smallest absolute Gasteiger partial charge is 0.252 e. The highest BCUT2D eigenvalue weighted by Gasteiger charge is 2.56. The van der Waals surface area contributed by atoms with Crippen LogP contribution in [0.15, 0.2) is 30.7 Å². The molecule has 2 aromatic rings. The number of nitrogens with zero attached hydrogens (tertiary/aromatic N) is 3. The number of pyridine rings is 1. The van der Waals surface area contributed by atoms with Crippen LogP contribution in [0.25, 0.3) is 5.69 Å². The van der Waals surface area contributed by atoms with E-state index in [1.807, 2.05) is 0 Å². The zero-order valence-corrected chi connectivity index (χ0v) is 14.6. The fourth-order valence-electron chi connectivity index (χ4n) is 2.21. The standard InChI is InChI=1S/C15H15ClF2N4O2S/c16-14-12(8-22(20-14)11-2-1-4-21(24)7-11)19-13(23)3-5-25-9-10-6-15(10,17)18/h1-2,4,7-8,10H,3,5-6,9H2,(H-,19,23,24)/p+1. The van der Waals surface area contributed by atoms with E-state index in [-0.39, 0.29) is 23.9 Å². The summed E-state index contributed by atoms with van der Waals surface area (Å²) >= 11 is 7.36. The van der Waals surface area contributed by atoms with Gasteiger partial charge in [-0.1, -0.05) is 11.6 Å². The minimum atomic E-state index is -2.51. The van der Waals surface area contributed by atoms with Crippen LogP contribution in [-0.2, 0) is 4.79 Å². The van der Waals surface area contributed by atoms with Crippen LogP contribution in [0.4, 0.5) is 14.5 Å². The Balaban J connectivity index is 1.50. The van der Waals surface area contributed by atoms with E-state index in [2.05, 4.69) is 10.4 Å². The number of rotatable bonds is 7. The lowest BCUT2D eigenvalue weighted by atomic mass is 10.4. The molecule has 1 unspecified atom stereocenters. The molecule has 1 saturated carbocycles. The lowest BCUT2D eigenvalue weighted by Gasteiger charge is -2.03. The second-order valence-electron chi connectivity index (χ2n) is 5.76. The molecule has 134 valence electrons. The minimum Gasteiger partial charge on any atom is -0.322 e. The van der Waals surface area contributed by atoms with E-state index in [1.165, 1.54) is 35.0 Å². The van der Waals surface area contributed by atoms with Crippen LogP contribution in [0.3, 0.4) is 0 Å². The third-order valence-corrected chi connectivity index (χ3v) is 5.14. The summed E-state index contributed by atoms with van der Waals surface area (Å²) in [6.45, 7) is 0. The molecular weight excluding hydrogens is 374 g/mol. The molecule has 1 fully saturated rings. The largest absolute Gasteiger partial charge is 0.322 e. The molecule has 0 radical (unpaired) electrons. The van der Waals surface area contributed by atoms with Crippen molar-refractivity contribution in [2.24, 2.45) is 5.92 Å². The van der Waals surface area contributed by atoms with Gasteiger partial charge in [0.25, 0.3) is 5.92 Å². The van der Waals surface area contributed by atoms with Crippen molar-refractivity contribution in [3.05, 3.63) is 35.9 Å². The SMILES string of the molecule is O=C(CCSCC1CC1(F)F)Nc1cn(-c2ccc[n+](O)c2)nc1Cl. The van der Waals surface area contributed by atoms with Crippen molar-refractivity contribution in [3.63, 3.8) is 0 Å². The Kier molecular flexibility index (Phi) is 5.14. The van der Waals surface area contributed by atoms with Crippen LogP contribution in [-0.4, -0.2) is 38.3 Å². The van der Waals surface area contributed by atoms with Crippen molar-refractivity contribution in [3.8, 4) is 5.69 Å². The molecule has 1 atom stereocenters. The van der Waals surface area contributed by atoms with Crippen molar-refractivity contribution in [2.45, 2.75) is 18.8 Å². The lowest BCUT2D eigenvalue weighted by Crippen LogP contribution is -2.29. The zero-order chi connectivity index (χ0) is 18.0. The van der Waals surface area contributed by atoms with E-state index >= 15 is 0 Å². The third-order valence-electron chi connectivity index (χ3n) is 3.73. The number of hydrogen-bond donors (Lipinski definition) is 2. The first kappa shape index (κ1) is 17.9. The van der Waals surface area contributed by atoms with Crippen LogP contribution in [0.1, 0.15) is 12.8 Å². The first-order chi connectivity index (χ1) is 11.8. The molecule has 2 N–H and O–H groups in total. The number of carbonyl (C=O) groups is 1. The molecule has 6 nitrogen and oxygen atoms in total. The van der Waals surface area contributed by atoms with Gasteiger partial charge in [0.15, 0.2) is 5.15 Å². The molecule has 2 heterocycles. The summed E-state index contributed by atoms with van der Waals surface area (Å²) in [5.74, 6) is -2.49. The van der Waals surface area contributed by atoms with Crippen molar-refractivity contribution >= 4 is 35.0 Å². The number of aromatic nitrogens is 3. The molecule has 0 spiro atoms. The normalized spacial score (nSPS) is 18.1. The monoisotopic (exact) mass is 389 g/mol. The zero-order valence-electron chi connectivity index (χ0n) is 13.0. The summed E-state index contributed by atoms with van der Waals surface area (Å²) in [5.41, 5.74) is 0.909. The van der Waals surface area contributed by atoms with Gasteiger partial charge in [0.2, 0.25) is 18.3 Å². The summed E-state index contributed by atoms with van der Waals surface area (Å²) < 4.78 is 27.8. The molecule has 2 aromatic heterocycles. The molecule has 25 heavy (non-hydrogen) atoms. The topological polar surface area (TPSA) is 71.0 Å². The molecule has 0 aromatic carbocycles. The molecule has 1 amide bonds.